The molecule has 10 nitrogen and oxygen atoms in total. The Kier molecular flexibility index (Phi) is 7.41. The summed E-state index contributed by atoms with van der Waals surface area (Å²) in [5, 5.41) is 18.0. The number of nitrogens with one attached hydrogen (secondary N) is 2. The minimum Gasteiger partial charge on any atom is -0.480 e. The number of amides is 2. The number of ether oxygens (including phenoxy) is 2. The third-order valence-electron chi connectivity index (χ3n) is 5.75. The Morgan fingerprint density at radius 2 is 1.69 bits per heavy atom. The highest BCUT2D eigenvalue weighted by atomic mass is 16.5. The van der Waals surface area contributed by atoms with Gasteiger partial charge in [-0.15, -0.1) is 0 Å². The third-order valence-corrected chi connectivity index (χ3v) is 5.75. The van der Waals surface area contributed by atoms with Crippen molar-refractivity contribution in [1.29, 1.82) is 0 Å². The minimum absolute atomic E-state index is 0.0452. The zero-order valence-electron chi connectivity index (χ0n) is 19.2. The zero-order valence-corrected chi connectivity index (χ0v) is 19.2. The number of benzene rings is 2. The van der Waals surface area contributed by atoms with E-state index in [9.17, 15) is 14.4 Å². The number of carbonyl (C=O) groups is 3. The number of hydrogen-bond donors (Lipinski definition) is 3. The number of fused-ring (bicyclic) bond motifs is 3. The van der Waals surface area contributed by atoms with Gasteiger partial charge >= 0.3 is 12.1 Å². The van der Waals surface area contributed by atoms with Gasteiger partial charge in [0.15, 0.2) is 0 Å². The third kappa shape index (κ3) is 5.49. The monoisotopic (exact) mass is 478 g/mol. The summed E-state index contributed by atoms with van der Waals surface area (Å²) in [7, 11) is 1.62. The van der Waals surface area contributed by atoms with Gasteiger partial charge in [0.2, 0.25) is 0 Å². The van der Waals surface area contributed by atoms with Crippen molar-refractivity contribution in [3.8, 4) is 11.1 Å². The number of alkyl carbamates (subject to hydrolysis) is 1. The van der Waals surface area contributed by atoms with E-state index in [1.807, 2.05) is 24.3 Å². The quantitative estimate of drug-likeness (QED) is 0.381. The van der Waals surface area contributed by atoms with E-state index < -0.39 is 24.6 Å². The number of aliphatic carboxylic acids is 1. The van der Waals surface area contributed by atoms with Crippen LogP contribution in [0.15, 0.2) is 54.7 Å². The number of aromatic nitrogens is 2. The summed E-state index contributed by atoms with van der Waals surface area (Å²) < 4.78 is 11.8. The summed E-state index contributed by atoms with van der Waals surface area (Å²) in [5.74, 6) is -1.53. The molecule has 0 bridgehead atoms. The second-order valence-electron chi connectivity index (χ2n) is 8.02. The molecule has 182 valence electrons. The summed E-state index contributed by atoms with van der Waals surface area (Å²) >= 11 is 0. The molecular formula is C25H26N4O6. The van der Waals surface area contributed by atoms with Gasteiger partial charge in [0.05, 0.1) is 19.3 Å². The Morgan fingerprint density at radius 3 is 2.34 bits per heavy atom. The number of carboxylic acids is 1. The molecule has 1 heterocycles. The van der Waals surface area contributed by atoms with Crippen molar-refractivity contribution in [1.82, 2.24) is 20.4 Å². The van der Waals surface area contributed by atoms with Gasteiger partial charge in [-0.3, -0.25) is 9.48 Å². The molecule has 0 radical (unpaired) electrons. The Bertz CT molecular complexity index is 1190. The maximum absolute atomic E-state index is 12.5. The van der Waals surface area contributed by atoms with E-state index in [1.54, 1.807) is 7.05 Å². The largest absolute Gasteiger partial charge is 0.480 e. The van der Waals surface area contributed by atoms with Gasteiger partial charge in [-0.25, -0.2) is 9.59 Å². The molecule has 0 unspecified atom stereocenters. The predicted octanol–water partition coefficient (Wildman–Crippen LogP) is 2.29. The highest BCUT2D eigenvalue weighted by Gasteiger charge is 2.29. The van der Waals surface area contributed by atoms with Gasteiger partial charge in [-0.1, -0.05) is 48.5 Å². The zero-order chi connectivity index (χ0) is 24.8. The lowest BCUT2D eigenvalue weighted by Gasteiger charge is -2.14. The van der Waals surface area contributed by atoms with Crippen LogP contribution in [0.4, 0.5) is 4.79 Å². The maximum atomic E-state index is 12.5. The van der Waals surface area contributed by atoms with Crippen LogP contribution < -0.4 is 10.6 Å². The van der Waals surface area contributed by atoms with Crippen LogP contribution in [0.1, 0.15) is 33.1 Å². The lowest BCUT2D eigenvalue weighted by Crippen LogP contribution is -2.31. The molecule has 0 fully saturated rings. The summed E-state index contributed by atoms with van der Waals surface area (Å²) in [6.07, 6.45) is 0.906. The highest BCUT2D eigenvalue weighted by Crippen LogP contribution is 2.44. The molecule has 2 amide bonds. The molecule has 2 aromatic carbocycles. The fourth-order valence-electron chi connectivity index (χ4n) is 4.20. The second-order valence-corrected chi connectivity index (χ2v) is 8.02. The number of rotatable bonds is 10. The van der Waals surface area contributed by atoms with E-state index >= 15 is 0 Å². The van der Waals surface area contributed by atoms with Crippen LogP contribution in [0, 0.1) is 0 Å². The average Bonchev–Trinajstić information content (AvgIpc) is 3.38. The Hall–Kier alpha value is -4.18. The van der Waals surface area contributed by atoms with Crippen molar-refractivity contribution in [3.05, 3.63) is 77.1 Å². The van der Waals surface area contributed by atoms with Gasteiger partial charge in [-0.05, 0) is 22.3 Å². The molecule has 35 heavy (non-hydrogen) atoms. The first-order valence-corrected chi connectivity index (χ1v) is 11.1. The number of carboxylic acid groups (broad SMARTS) is 1. The second kappa shape index (κ2) is 10.8. The van der Waals surface area contributed by atoms with Gasteiger partial charge in [0.25, 0.3) is 5.91 Å². The van der Waals surface area contributed by atoms with Crippen molar-refractivity contribution < 1.29 is 29.0 Å². The Labute approximate surface area is 201 Å². The smallest absolute Gasteiger partial charge is 0.407 e. The van der Waals surface area contributed by atoms with Crippen LogP contribution in [0.25, 0.3) is 11.1 Å². The van der Waals surface area contributed by atoms with Crippen LogP contribution in [0.2, 0.25) is 0 Å². The van der Waals surface area contributed by atoms with E-state index in [2.05, 4.69) is 40.0 Å². The first-order valence-electron chi connectivity index (χ1n) is 11.1. The van der Waals surface area contributed by atoms with E-state index in [4.69, 9.17) is 14.6 Å². The van der Waals surface area contributed by atoms with Crippen molar-refractivity contribution in [3.63, 3.8) is 0 Å². The molecule has 0 aliphatic heterocycles. The summed E-state index contributed by atoms with van der Waals surface area (Å²) in [6.45, 7) is 0.00994. The average molecular weight is 479 g/mol. The number of aryl methyl sites for hydroxylation is 1. The normalized spacial score (nSPS) is 12.0. The van der Waals surface area contributed by atoms with E-state index in [1.165, 1.54) is 10.9 Å². The minimum atomic E-state index is -1.08. The first-order chi connectivity index (χ1) is 17.0. The first kappa shape index (κ1) is 24.0. The molecule has 0 spiro atoms. The molecule has 0 atom stereocenters. The summed E-state index contributed by atoms with van der Waals surface area (Å²) in [6, 6.07) is 16.2. The molecule has 1 aromatic heterocycles. The van der Waals surface area contributed by atoms with Crippen molar-refractivity contribution in [2.45, 2.75) is 12.5 Å². The molecule has 0 saturated carbocycles. The lowest BCUT2D eigenvalue weighted by atomic mass is 9.98. The number of hydrogen-bond acceptors (Lipinski definition) is 6. The number of carbonyl (C=O) groups excluding carboxylic acids is 2. The highest BCUT2D eigenvalue weighted by molar-refractivity contribution is 5.94. The SMILES string of the molecule is Cn1ncc(CNC(=O)OCC2c3ccccc3-c3ccccc32)c1C(=O)NCCOCC(=O)O. The fourth-order valence-corrected chi connectivity index (χ4v) is 4.20. The van der Waals surface area contributed by atoms with E-state index in [0.717, 1.165) is 22.3 Å². The van der Waals surface area contributed by atoms with Crippen molar-refractivity contribution in [2.24, 2.45) is 7.05 Å². The molecular weight excluding hydrogens is 452 g/mol. The van der Waals surface area contributed by atoms with Crippen LogP contribution in [0.5, 0.6) is 0 Å². The standard InChI is InChI=1S/C25H26N4O6/c1-29-23(24(32)26-10-11-34-15-22(30)31)16(13-28-29)12-27-25(33)35-14-21-19-8-4-2-6-17(19)18-7-3-5-9-20(18)21/h2-9,13,21H,10-12,14-15H2,1H3,(H,26,32)(H,27,33)(H,30,31). The molecule has 1 aliphatic rings. The summed E-state index contributed by atoms with van der Waals surface area (Å²) in [4.78, 5) is 35.5. The molecule has 1 aliphatic carbocycles. The van der Waals surface area contributed by atoms with Crippen LogP contribution >= 0.6 is 0 Å². The Balaban J connectivity index is 1.31. The molecule has 3 N–H and O–H groups in total. The van der Waals surface area contributed by atoms with Crippen LogP contribution in [0.3, 0.4) is 0 Å². The maximum Gasteiger partial charge on any atom is 0.407 e. The predicted molar refractivity (Wildman–Crippen MR) is 126 cm³/mol. The van der Waals surface area contributed by atoms with Gasteiger partial charge in [0.1, 0.15) is 18.9 Å². The van der Waals surface area contributed by atoms with Crippen LogP contribution in [-0.2, 0) is 27.9 Å². The van der Waals surface area contributed by atoms with Gasteiger partial charge < -0.3 is 25.2 Å². The van der Waals surface area contributed by atoms with Crippen molar-refractivity contribution in [2.75, 3.05) is 26.4 Å². The lowest BCUT2D eigenvalue weighted by molar-refractivity contribution is -0.142. The number of nitrogens with zero attached hydrogens (tertiary/aromatic N) is 2. The van der Waals surface area contributed by atoms with Gasteiger partial charge in [0, 0.05) is 25.1 Å². The fraction of sp³-hybridized carbons (Fsp3) is 0.280. The molecule has 4 rings (SSSR count). The summed E-state index contributed by atoms with van der Waals surface area (Å²) in [5.41, 5.74) is 5.35. The van der Waals surface area contributed by atoms with E-state index in [0.29, 0.717) is 5.56 Å². The molecule has 0 saturated heterocycles. The van der Waals surface area contributed by atoms with E-state index in [-0.39, 0.29) is 37.9 Å². The van der Waals surface area contributed by atoms with Crippen LogP contribution in [-0.4, -0.2) is 59.2 Å². The Morgan fingerprint density at radius 1 is 1.03 bits per heavy atom. The molecule has 10 heteroatoms. The molecule has 3 aromatic rings. The van der Waals surface area contributed by atoms with Crippen molar-refractivity contribution >= 4 is 18.0 Å². The topological polar surface area (TPSA) is 132 Å². The van der Waals surface area contributed by atoms with Gasteiger partial charge in [-0.2, -0.15) is 5.10 Å².